The second kappa shape index (κ2) is 4.36. The van der Waals surface area contributed by atoms with Crippen LogP contribution in [0.25, 0.3) is 33.2 Å². The van der Waals surface area contributed by atoms with E-state index in [9.17, 15) is 0 Å². The van der Waals surface area contributed by atoms with Crippen LogP contribution in [-0.2, 0) is 0 Å². The zero-order valence-electron chi connectivity index (χ0n) is 10.5. The predicted octanol–water partition coefficient (Wildman–Crippen LogP) is 5.30. The Hall–Kier alpha value is -2.32. The summed E-state index contributed by atoms with van der Waals surface area (Å²) in [6.07, 6.45) is 1.81. The maximum absolute atomic E-state index is 5.97. The number of aromatic nitrogens is 1. The lowest BCUT2D eigenvalue weighted by Crippen LogP contribution is -1.81. The van der Waals surface area contributed by atoms with Crippen molar-refractivity contribution in [2.75, 3.05) is 0 Å². The first-order chi connectivity index (χ1) is 9.83. The van der Waals surface area contributed by atoms with Crippen LogP contribution in [0.1, 0.15) is 0 Å². The van der Waals surface area contributed by atoms with E-state index in [1.807, 2.05) is 60.8 Å². The fourth-order valence-electron chi connectivity index (χ4n) is 2.46. The topological polar surface area (TPSA) is 26.0 Å². The summed E-state index contributed by atoms with van der Waals surface area (Å²) in [4.78, 5) is 4.45. The van der Waals surface area contributed by atoms with E-state index in [1.165, 1.54) is 0 Å². The maximum atomic E-state index is 5.97. The number of para-hydroxylation sites is 1. The van der Waals surface area contributed by atoms with Gasteiger partial charge in [0, 0.05) is 22.2 Å². The smallest absolute Gasteiger partial charge is 0.161 e. The SMILES string of the molecule is Clc1ccc(-c2ccnc3c2oc2ccccc23)cc1. The molecular formula is C17H10ClNO. The minimum absolute atomic E-state index is 0.726. The van der Waals surface area contributed by atoms with Crippen molar-refractivity contribution in [1.82, 2.24) is 4.98 Å². The van der Waals surface area contributed by atoms with Crippen molar-refractivity contribution in [3.05, 3.63) is 65.8 Å². The Bertz CT molecular complexity index is 909. The molecule has 0 N–H and O–H groups in total. The number of hydrogen-bond donors (Lipinski definition) is 0. The largest absolute Gasteiger partial charge is 0.454 e. The number of benzene rings is 2. The Balaban J connectivity index is 2.07. The summed E-state index contributed by atoms with van der Waals surface area (Å²) in [7, 11) is 0. The number of pyridine rings is 1. The number of furan rings is 1. The van der Waals surface area contributed by atoms with Gasteiger partial charge in [-0.15, -0.1) is 0 Å². The molecule has 0 atom stereocenters. The first-order valence-electron chi connectivity index (χ1n) is 6.35. The highest BCUT2D eigenvalue weighted by Gasteiger charge is 2.12. The lowest BCUT2D eigenvalue weighted by molar-refractivity contribution is 0.669. The molecule has 2 aromatic heterocycles. The Labute approximate surface area is 120 Å². The molecule has 3 heteroatoms. The maximum Gasteiger partial charge on any atom is 0.161 e. The number of hydrogen-bond acceptors (Lipinski definition) is 2. The predicted molar refractivity (Wildman–Crippen MR) is 82.0 cm³/mol. The minimum atomic E-state index is 0.726. The second-order valence-electron chi connectivity index (χ2n) is 4.64. The van der Waals surface area contributed by atoms with Gasteiger partial charge in [-0.2, -0.15) is 0 Å². The highest BCUT2D eigenvalue weighted by Crippen LogP contribution is 2.34. The van der Waals surface area contributed by atoms with Gasteiger partial charge < -0.3 is 4.42 Å². The van der Waals surface area contributed by atoms with E-state index in [0.717, 1.165) is 38.2 Å². The second-order valence-corrected chi connectivity index (χ2v) is 5.08. The van der Waals surface area contributed by atoms with E-state index in [1.54, 1.807) is 0 Å². The Morgan fingerprint density at radius 3 is 2.55 bits per heavy atom. The van der Waals surface area contributed by atoms with Gasteiger partial charge in [0.25, 0.3) is 0 Å². The van der Waals surface area contributed by atoms with E-state index < -0.39 is 0 Å². The third-order valence-corrected chi connectivity index (χ3v) is 3.67. The third-order valence-electron chi connectivity index (χ3n) is 3.41. The lowest BCUT2D eigenvalue weighted by atomic mass is 10.1. The van der Waals surface area contributed by atoms with Crippen molar-refractivity contribution in [2.24, 2.45) is 0 Å². The molecule has 0 aliphatic rings. The number of nitrogens with zero attached hydrogens (tertiary/aromatic N) is 1. The molecular weight excluding hydrogens is 270 g/mol. The van der Waals surface area contributed by atoms with Gasteiger partial charge in [0.1, 0.15) is 11.1 Å². The van der Waals surface area contributed by atoms with Crippen LogP contribution >= 0.6 is 11.6 Å². The van der Waals surface area contributed by atoms with E-state index in [-0.39, 0.29) is 0 Å². The summed E-state index contributed by atoms with van der Waals surface area (Å²) in [5, 5.41) is 1.77. The standard InChI is InChI=1S/C17H10ClNO/c18-12-7-5-11(6-8-12)13-9-10-19-16-14-3-1-2-4-15(14)20-17(13)16/h1-10H. The first-order valence-corrected chi connectivity index (χ1v) is 6.73. The quantitative estimate of drug-likeness (QED) is 0.472. The van der Waals surface area contributed by atoms with Crippen LogP contribution in [0.3, 0.4) is 0 Å². The van der Waals surface area contributed by atoms with E-state index in [0.29, 0.717) is 0 Å². The molecule has 2 heterocycles. The summed E-state index contributed by atoms with van der Waals surface area (Å²) in [6, 6.07) is 17.7. The van der Waals surface area contributed by atoms with E-state index in [4.69, 9.17) is 16.0 Å². The van der Waals surface area contributed by atoms with Gasteiger partial charge in [0.2, 0.25) is 0 Å². The molecule has 2 nitrogen and oxygen atoms in total. The molecule has 0 bridgehead atoms. The Morgan fingerprint density at radius 1 is 0.900 bits per heavy atom. The molecule has 0 aliphatic heterocycles. The van der Waals surface area contributed by atoms with Crippen LogP contribution < -0.4 is 0 Å². The third kappa shape index (κ3) is 1.69. The van der Waals surface area contributed by atoms with Gasteiger partial charge in [-0.1, -0.05) is 35.9 Å². The summed E-state index contributed by atoms with van der Waals surface area (Å²) in [5.74, 6) is 0. The van der Waals surface area contributed by atoms with Crippen LogP contribution in [0.2, 0.25) is 5.02 Å². The normalized spacial score (nSPS) is 11.2. The van der Waals surface area contributed by atoms with Crippen molar-refractivity contribution in [3.63, 3.8) is 0 Å². The van der Waals surface area contributed by atoms with Crippen LogP contribution in [0.4, 0.5) is 0 Å². The summed E-state index contributed by atoms with van der Waals surface area (Å²) >= 11 is 5.95. The zero-order chi connectivity index (χ0) is 13.5. The fourth-order valence-corrected chi connectivity index (χ4v) is 2.59. The minimum Gasteiger partial charge on any atom is -0.454 e. The van der Waals surface area contributed by atoms with Crippen LogP contribution in [0.15, 0.2) is 65.2 Å². The molecule has 20 heavy (non-hydrogen) atoms. The number of rotatable bonds is 1. The van der Waals surface area contributed by atoms with Crippen molar-refractivity contribution in [3.8, 4) is 11.1 Å². The molecule has 0 amide bonds. The average Bonchev–Trinajstić information content (AvgIpc) is 2.87. The highest BCUT2D eigenvalue weighted by atomic mass is 35.5. The molecule has 0 aliphatic carbocycles. The number of fused-ring (bicyclic) bond motifs is 3. The monoisotopic (exact) mass is 279 g/mol. The van der Waals surface area contributed by atoms with Crippen molar-refractivity contribution < 1.29 is 4.42 Å². The fraction of sp³-hybridized carbons (Fsp3) is 0. The molecule has 4 aromatic rings. The van der Waals surface area contributed by atoms with Crippen LogP contribution in [-0.4, -0.2) is 4.98 Å². The molecule has 0 fully saturated rings. The Morgan fingerprint density at radius 2 is 1.70 bits per heavy atom. The molecule has 0 spiro atoms. The molecule has 0 saturated carbocycles. The lowest BCUT2D eigenvalue weighted by Gasteiger charge is -2.02. The zero-order valence-corrected chi connectivity index (χ0v) is 11.3. The molecule has 0 saturated heterocycles. The first kappa shape index (κ1) is 11.5. The molecule has 4 rings (SSSR count). The molecule has 0 radical (unpaired) electrons. The van der Waals surface area contributed by atoms with Crippen LogP contribution in [0.5, 0.6) is 0 Å². The number of halogens is 1. The Kier molecular flexibility index (Phi) is 2.51. The molecule has 96 valence electrons. The van der Waals surface area contributed by atoms with Crippen molar-refractivity contribution in [1.29, 1.82) is 0 Å². The molecule has 2 aromatic carbocycles. The van der Waals surface area contributed by atoms with Gasteiger partial charge in [0.15, 0.2) is 5.58 Å². The van der Waals surface area contributed by atoms with Gasteiger partial charge in [-0.3, -0.25) is 4.98 Å². The van der Waals surface area contributed by atoms with Crippen molar-refractivity contribution >= 4 is 33.7 Å². The average molecular weight is 280 g/mol. The highest BCUT2D eigenvalue weighted by molar-refractivity contribution is 6.30. The van der Waals surface area contributed by atoms with E-state index in [2.05, 4.69) is 4.98 Å². The van der Waals surface area contributed by atoms with E-state index >= 15 is 0 Å². The van der Waals surface area contributed by atoms with Gasteiger partial charge in [-0.05, 0) is 35.9 Å². The summed E-state index contributed by atoms with van der Waals surface area (Å²) in [6.45, 7) is 0. The van der Waals surface area contributed by atoms with Gasteiger partial charge >= 0.3 is 0 Å². The van der Waals surface area contributed by atoms with Gasteiger partial charge in [-0.25, -0.2) is 0 Å². The van der Waals surface area contributed by atoms with Crippen LogP contribution in [0, 0.1) is 0 Å². The summed E-state index contributed by atoms with van der Waals surface area (Å²) in [5.41, 5.74) is 4.67. The van der Waals surface area contributed by atoms with Crippen molar-refractivity contribution in [2.45, 2.75) is 0 Å². The molecule has 0 unspecified atom stereocenters. The van der Waals surface area contributed by atoms with Gasteiger partial charge in [0.05, 0.1) is 0 Å². The summed E-state index contributed by atoms with van der Waals surface area (Å²) < 4.78 is 5.97.